The zero-order valence-electron chi connectivity index (χ0n) is 14.7. The molecule has 7 heteroatoms. The van der Waals surface area contributed by atoms with E-state index in [0.29, 0.717) is 13.0 Å². The Labute approximate surface area is 142 Å². The molecule has 132 valence electrons. The van der Waals surface area contributed by atoms with Gasteiger partial charge < -0.3 is 10.2 Å². The zero-order chi connectivity index (χ0) is 17.3. The number of aryl methyl sites for hydroxylation is 1. The van der Waals surface area contributed by atoms with Gasteiger partial charge in [-0.25, -0.2) is 0 Å². The number of nitrogens with zero attached hydrogens (tertiary/aromatic N) is 5. The summed E-state index contributed by atoms with van der Waals surface area (Å²) in [4.78, 5) is 2.39. The van der Waals surface area contributed by atoms with Crippen LogP contribution in [0.3, 0.4) is 0 Å². The lowest BCUT2D eigenvalue weighted by Crippen LogP contribution is -2.33. The van der Waals surface area contributed by atoms with E-state index in [1.807, 2.05) is 29.3 Å². The van der Waals surface area contributed by atoms with E-state index >= 15 is 0 Å². The Kier molecular flexibility index (Phi) is 5.03. The highest BCUT2D eigenvalue weighted by atomic mass is 16.3. The van der Waals surface area contributed by atoms with E-state index in [4.69, 9.17) is 5.11 Å². The lowest BCUT2D eigenvalue weighted by Gasteiger charge is -2.27. The number of aromatic nitrogens is 4. The summed E-state index contributed by atoms with van der Waals surface area (Å²) in [6.07, 6.45) is 0.209. The van der Waals surface area contributed by atoms with Gasteiger partial charge in [0.1, 0.15) is 0 Å². The van der Waals surface area contributed by atoms with E-state index in [1.165, 1.54) is 5.56 Å². The molecule has 0 aromatic carbocycles. The average Bonchev–Trinajstić information content (AvgIpc) is 3.11. The number of aliphatic hydroxyl groups excluding tert-OH is 2. The van der Waals surface area contributed by atoms with Crippen molar-refractivity contribution in [3.63, 3.8) is 0 Å². The van der Waals surface area contributed by atoms with Crippen molar-refractivity contribution in [3.8, 4) is 0 Å². The van der Waals surface area contributed by atoms with Crippen molar-refractivity contribution in [2.75, 3.05) is 13.2 Å². The maximum Gasteiger partial charge on any atom is 0.0975 e. The van der Waals surface area contributed by atoms with Crippen molar-refractivity contribution in [3.05, 3.63) is 34.4 Å². The Morgan fingerprint density at radius 1 is 1.25 bits per heavy atom. The Hall–Kier alpha value is -1.70. The van der Waals surface area contributed by atoms with Crippen LogP contribution in [0.2, 0.25) is 0 Å². The van der Waals surface area contributed by atoms with E-state index in [0.717, 1.165) is 49.0 Å². The van der Waals surface area contributed by atoms with Crippen LogP contribution in [0.15, 0.2) is 6.07 Å². The predicted octanol–water partition coefficient (Wildman–Crippen LogP) is 1.15. The van der Waals surface area contributed by atoms with Gasteiger partial charge in [-0.2, -0.15) is 10.2 Å². The standard InChI is InChI=1S/C17H27N5O2/c1-4-17(24)16-9-14-10-20(5-6-22(14)19-16)11-15-12(2)18-21(7-8-23)13(15)3/h9,17,23-24H,4-8,10-11H2,1-3H3/t17-/m0/s1. The molecular weight excluding hydrogens is 306 g/mol. The average molecular weight is 333 g/mol. The second kappa shape index (κ2) is 7.04. The monoisotopic (exact) mass is 333 g/mol. The third-order valence-corrected chi connectivity index (χ3v) is 4.85. The van der Waals surface area contributed by atoms with Crippen LogP contribution in [-0.2, 0) is 26.2 Å². The summed E-state index contributed by atoms with van der Waals surface area (Å²) in [5, 5.41) is 28.2. The fourth-order valence-electron chi connectivity index (χ4n) is 3.35. The first-order chi connectivity index (χ1) is 11.5. The first-order valence-electron chi connectivity index (χ1n) is 8.64. The molecular formula is C17H27N5O2. The summed E-state index contributed by atoms with van der Waals surface area (Å²) in [7, 11) is 0. The molecule has 24 heavy (non-hydrogen) atoms. The summed E-state index contributed by atoms with van der Waals surface area (Å²) >= 11 is 0. The Bertz CT molecular complexity index is 706. The van der Waals surface area contributed by atoms with Crippen LogP contribution >= 0.6 is 0 Å². The van der Waals surface area contributed by atoms with E-state index in [1.54, 1.807) is 0 Å². The van der Waals surface area contributed by atoms with Crippen molar-refractivity contribution < 1.29 is 10.2 Å². The van der Waals surface area contributed by atoms with Crippen LogP contribution in [0.25, 0.3) is 0 Å². The Balaban J connectivity index is 1.73. The highest BCUT2D eigenvalue weighted by Crippen LogP contribution is 2.22. The number of hydrogen-bond acceptors (Lipinski definition) is 5. The van der Waals surface area contributed by atoms with E-state index in [2.05, 4.69) is 22.0 Å². The number of aliphatic hydroxyl groups is 2. The lowest BCUT2D eigenvalue weighted by atomic mass is 10.1. The molecule has 0 radical (unpaired) electrons. The van der Waals surface area contributed by atoms with E-state index < -0.39 is 6.10 Å². The van der Waals surface area contributed by atoms with Gasteiger partial charge in [0.2, 0.25) is 0 Å². The molecule has 2 N–H and O–H groups in total. The molecule has 1 aliphatic heterocycles. The number of rotatable bonds is 6. The minimum atomic E-state index is -0.474. The summed E-state index contributed by atoms with van der Waals surface area (Å²) in [5.74, 6) is 0. The quantitative estimate of drug-likeness (QED) is 0.829. The highest BCUT2D eigenvalue weighted by molar-refractivity contribution is 5.25. The summed E-state index contributed by atoms with van der Waals surface area (Å²) < 4.78 is 3.90. The lowest BCUT2D eigenvalue weighted by molar-refractivity contribution is 0.166. The first kappa shape index (κ1) is 17.1. The third-order valence-electron chi connectivity index (χ3n) is 4.85. The van der Waals surface area contributed by atoms with Crippen molar-refractivity contribution in [1.29, 1.82) is 0 Å². The predicted molar refractivity (Wildman–Crippen MR) is 90.4 cm³/mol. The van der Waals surface area contributed by atoms with Gasteiger partial charge in [0, 0.05) is 30.9 Å². The van der Waals surface area contributed by atoms with Gasteiger partial charge in [-0.3, -0.25) is 14.3 Å². The van der Waals surface area contributed by atoms with Gasteiger partial charge in [-0.1, -0.05) is 6.92 Å². The molecule has 7 nitrogen and oxygen atoms in total. The molecule has 1 atom stereocenters. The smallest absolute Gasteiger partial charge is 0.0975 e. The minimum Gasteiger partial charge on any atom is -0.394 e. The number of fused-ring (bicyclic) bond motifs is 1. The molecule has 0 saturated heterocycles. The van der Waals surface area contributed by atoms with E-state index in [9.17, 15) is 5.11 Å². The minimum absolute atomic E-state index is 0.104. The van der Waals surface area contributed by atoms with Gasteiger partial charge in [0.05, 0.1) is 42.9 Å². The van der Waals surface area contributed by atoms with Crippen LogP contribution in [0.5, 0.6) is 0 Å². The van der Waals surface area contributed by atoms with Gasteiger partial charge in [0.25, 0.3) is 0 Å². The third kappa shape index (κ3) is 3.24. The zero-order valence-corrected chi connectivity index (χ0v) is 14.7. The molecule has 0 aliphatic carbocycles. The molecule has 0 unspecified atom stereocenters. The van der Waals surface area contributed by atoms with Crippen LogP contribution in [0.1, 0.15) is 47.8 Å². The number of hydrogen-bond donors (Lipinski definition) is 2. The van der Waals surface area contributed by atoms with Crippen LogP contribution in [0.4, 0.5) is 0 Å². The van der Waals surface area contributed by atoms with Gasteiger partial charge in [-0.15, -0.1) is 0 Å². The summed E-state index contributed by atoms with van der Waals surface area (Å²) in [5.41, 5.74) is 5.33. The van der Waals surface area contributed by atoms with Crippen molar-refractivity contribution in [2.45, 2.75) is 59.5 Å². The van der Waals surface area contributed by atoms with E-state index in [-0.39, 0.29) is 6.61 Å². The summed E-state index contributed by atoms with van der Waals surface area (Å²) in [6.45, 7) is 10.1. The van der Waals surface area contributed by atoms with Gasteiger partial charge in [-0.05, 0) is 26.3 Å². The summed E-state index contributed by atoms with van der Waals surface area (Å²) in [6, 6.07) is 2.02. The molecule has 1 aliphatic rings. The molecule has 2 aromatic heterocycles. The fourth-order valence-corrected chi connectivity index (χ4v) is 3.35. The molecule has 2 aromatic rings. The van der Waals surface area contributed by atoms with Crippen LogP contribution in [-0.4, -0.2) is 47.8 Å². The Morgan fingerprint density at radius 3 is 2.75 bits per heavy atom. The van der Waals surface area contributed by atoms with Crippen LogP contribution in [0, 0.1) is 13.8 Å². The van der Waals surface area contributed by atoms with Gasteiger partial charge in [0.15, 0.2) is 0 Å². The van der Waals surface area contributed by atoms with Crippen molar-refractivity contribution >= 4 is 0 Å². The van der Waals surface area contributed by atoms with Crippen molar-refractivity contribution in [2.24, 2.45) is 0 Å². The molecule has 0 spiro atoms. The molecule has 0 fully saturated rings. The fraction of sp³-hybridized carbons (Fsp3) is 0.647. The topological polar surface area (TPSA) is 79.3 Å². The molecule has 0 saturated carbocycles. The molecule has 0 amide bonds. The van der Waals surface area contributed by atoms with Crippen LogP contribution < -0.4 is 0 Å². The second-order valence-electron chi connectivity index (χ2n) is 6.51. The van der Waals surface area contributed by atoms with Crippen molar-refractivity contribution in [1.82, 2.24) is 24.5 Å². The normalized spacial score (nSPS) is 16.4. The highest BCUT2D eigenvalue weighted by Gasteiger charge is 2.22. The Morgan fingerprint density at radius 2 is 2.04 bits per heavy atom. The molecule has 0 bridgehead atoms. The SMILES string of the molecule is CC[C@H](O)c1cc2n(n1)CCN(Cc1c(C)nn(CCO)c1C)C2. The van der Waals surface area contributed by atoms with Gasteiger partial charge >= 0.3 is 0 Å². The maximum absolute atomic E-state index is 9.98. The largest absolute Gasteiger partial charge is 0.394 e. The maximum atomic E-state index is 9.98. The second-order valence-corrected chi connectivity index (χ2v) is 6.51. The molecule has 3 rings (SSSR count). The first-order valence-corrected chi connectivity index (χ1v) is 8.64. The molecule has 3 heterocycles.